The van der Waals surface area contributed by atoms with E-state index < -0.39 is 15.3 Å². The first-order chi connectivity index (χ1) is 8.45. The van der Waals surface area contributed by atoms with Gasteiger partial charge in [0.1, 0.15) is 0 Å². The number of hydrogen-bond acceptors (Lipinski definition) is 4. The van der Waals surface area contributed by atoms with Crippen LogP contribution < -0.4 is 10.5 Å². The third kappa shape index (κ3) is 4.64. The molecule has 5 nitrogen and oxygen atoms in total. The van der Waals surface area contributed by atoms with Crippen molar-refractivity contribution in [2.45, 2.75) is 18.6 Å². The van der Waals surface area contributed by atoms with E-state index >= 15 is 0 Å². The van der Waals surface area contributed by atoms with E-state index in [4.69, 9.17) is 10.5 Å². The molecule has 1 aromatic rings. The highest BCUT2D eigenvalue weighted by Gasteiger charge is 2.19. The van der Waals surface area contributed by atoms with E-state index in [9.17, 15) is 8.42 Å². The zero-order valence-corrected chi connectivity index (χ0v) is 11.5. The number of benzene rings is 1. The van der Waals surface area contributed by atoms with Gasteiger partial charge < -0.3 is 10.5 Å². The van der Waals surface area contributed by atoms with Gasteiger partial charge >= 0.3 is 0 Å². The normalized spacial score (nSPS) is 13.4. The van der Waals surface area contributed by atoms with Crippen molar-refractivity contribution in [3.63, 3.8) is 0 Å². The van der Waals surface area contributed by atoms with Crippen molar-refractivity contribution in [3.05, 3.63) is 29.8 Å². The summed E-state index contributed by atoms with van der Waals surface area (Å²) in [6, 6.07) is 7.39. The second-order valence-corrected chi connectivity index (χ2v) is 6.38. The van der Waals surface area contributed by atoms with E-state index in [1.165, 1.54) is 7.11 Å². The molecule has 102 valence electrons. The predicted octanol–water partition coefficient (Wildman–Crippen LogP) is 0.766. The maximum atomic E-state index is 11.8. The molecule has 1 atom stereocenters. The molecule has 1 rings (SSSR count). The van der Waals surface area contributed by atoms with E-state index in [1.807, 2.05) is 12.1 Å². The molecule has 18 heavy (non-hydrogen) atoms. The summed E-state index contributed by atoms with van der Waals surface area (Å²) in [5.74, 6) is 0. The van der Waals surface area contributed by atoms with E-state index in [0.717, 1.165) is 5.56 Å². The lowest BCUT2D eigenvalue weighted by molar-refractivity contribution is 0.200. The molecule has 0 amide bonds. The number of nitrogens with two attached hydrogens (primary N) is 1. The predicted molar refractivity (Wildman–Crippen MR) is 72.8 cm³/mol. The van der Waals surface area contributed by atoms with Gasteiger partial charge in [0, 0.05) is 19.3 Å². The molecule has 0 aliphatic rings. The minimum absolute atomic E-state index is 0.192. The molecule has 0 bridgehead atoms. The first-order valence-electron chi connectivity index (χ1n) is 5.77. The number of sulfonamides is 1. The summed E-state index contributed by atoms with van der Waals surface area (Å²) in [5.41, 5.74) is 7.32. The molecule has 6 heteroatoms. The van der Waals surface area contributed by atoms with Gasteiger partial charge in [-0.3, -0.25) is 0 Å². The molecule has 1 unspecified atom stereocenters. The Bertz CT molecular complexity index is 457. The number of ether oxygens (including phenoxy) is 1. The summed E-state index contributed by atoms with van der Waals surface area (Å²) in [7, 11) is -1.81. The third-order valence-corrected chi connectivity index (χ3v) is 4.43. The lowest BCUT2D eigenvalue weighted by Gasteiger charge is -2.12. The molecular formula is C12H20N2O3S. The van der Waals surface area contributed by atoms with Crippen molar-refractivity contribution < 1.29 is 13.2 Å². The second kappa shape index (κ2) is 6.72. The first-order valence-corrected chi connectivity index (χ1v) is 7.32. The van der Waals surface area contributed by atoms with Gasteiger partial charge in [-0.05, 0) is 31.0 Å². The summed E-state index contributed by atoms with van der Waals surface area (Å²) in [4.78, 5) is 0. The van der Waals surface area contributed by atoms with Gasteiger partial charge in [0.15, 0.2) is 0 Å². The van der Waals surface area contributed by atoms with Crippen molar-refractivity contribution in [2.24, 2.45) is 0 Å². The third-order valence-electron chi connectivity index (χ3n) is 2.63. The van der Waals surface area contributed by atoms with Crippen LogP contribution in [0.5, 0.6) is 0 Å². The van der Waals surface area contributed by atoms with Gasteiger partial charge in [-0.15, -0.1) is 0 Å². The SMILES string of the molecule is COCC(C)S(=O)(=O)NCCc1ccc(N)cc1. The summed E-state index contributed by atoms with van der Waals surface area (Å²) in [5, 5.41) is -0.547. The maximum absolute atomic E-state index is 11.8. The van der Waals surface area contributed by atoms with Crippen molar-refractivity contribution in [1.29, 1.82) is 0 Å². The Morgan fingerprint density at radius 3 is 2.50 bits per heavy atom. The highest BCUT2D eigenvalue weighted by atomic mass is 32.2. The van der Waals surface area contributed by atoms with Crippen molar-refractivity contribution in [2.75, 3.05) is 26.0 Å². The molecule has 0 radical (unpaired) electrons. The van der Waals surface area contributed by atoms with Crippen LogP contribution in [0, 0.1) is 0 Å². The fourth-order valence-electron chi connectivity index (χ4n) is 1.49. The Morgan fingerprint density at radius 2 is 1.94 bits per heavy atom. The van der Waals surface area contributed by atoms with Crippen LogP contribution in [-0.4, -0.2) is 33.9 Å². The fourth-order valence-corrected chi connectivity index (χ4v) is 2.47. The van der Waals surface area contributed by atoms with Gasteiger partial charge in [0.05, 0.1) is 11.9 Å². The molecule has 0 heterocycles. The lowest BCUT2D eigenvalue weighted by Crippen LogP contribution is -2.36. The van der Waals surface area contributed by atoms with Crippen LogP contribution >= 0.6 is 0 Å². The fraction of sp³-hybridized carbons (Fsp3) is 0.500. The standard InChI is InChI=1S/C12H20N2O3S/c1-10(9-17-2)18(15,16)14-8-7-11-3-5-12(13)6-4-11/h3-6,10,14H,7-9,13H2,1-2H3. The lowest BCUT2D eigenvalue weighted by atomic mass is 10.1. The van der Waals surface area contributed by atoms with Crippen LogP contribution in [0.25, 0.3) is 0 Å². The maximum Gasteiger partial charge on any atom is 0.216 e. The van der Waals surface area contributed by atoms with E-state index in [0.29, 0.717) is 18.7 Å². The number of hydrogen-bond donors (Lipinski definition) is 2. The van der Waals surface area contributed by atoms with Crippen molar-refractivity contribution >= 4 is 15.7 Å². The Hall–Kier alpha value is -1.11. The first kappa shape index (κ1) is 14.9. The van der Waals surface area contributed by atoms with Gasteiger partial charge in [-0.25, -0.2) is 13.1 Å². The molecule has 0 aromatic heterocycles. The molecule has 0 saturated heterocycles. The average Bonchev–Trinajstić information content (AvgIpc) is 2.32. The summed E-state index contributed by atoms with van der Waals surface area (Å²) < 4.78 is 30.9. The summed E-state index contributed by atoms with van der Waals surface area (Å²) >= 11 is 0. The number of anilines is 1. The Morgan fingerprint density at radius 1 is 1.33 bits per heavy atom. The minimum atomic E-state index is -3.30. The smallest absolute Gasteiger partial charge is 0.216 e. The number of rotatable bonds is 7. The van der Waals surface area contributed by atoms with Gasteiger partial charge in [-0.2, -0.15) is 0 Å². The topological polar surface area (TPSA) is 81.4 Å². The summed E-state index contributed by atoms with van der Waals surface area (Å²) in [6.07, 6.45) is 0.638. The van der Waals surface area contributed by atoms with E-state index in [1.54, 1.807) is 19.1 Å². The Labute approximate surface area is 108 Å². The molecule has 0 saturated carbocycles. The quantitative estimate of drug-likeness (QED) is 0.718. The molecule has 3 N–H and O–H groups in total. The minimum Gasteiger partial charge on any atom is -0.399 e. The molecule has 1 aromatic carbocycles. The van der Waals surface area contributed by atoms with Crippen LogP contribution in [0.4, 0.5) is 5.69 Å². The molecule has 0 aliphatic carbocycles. The van der Waals surface area contributed by atoms with Crippen LogP contribution in [0.1, 0.15) is 12.5 Å². The van der Waals surface area contributed by atoms with E-state index in [2.05, 4.69) is 4.72 Å². The zero-order valence-electron chi connectivity index (χ0n) is 10.7. The Kier molecular flexibility index (Phi) is 5.58. The van der Waals surface area contributed by atoms with Crippen LogP contribution in [0.15, 0.2) is 24.3 Å². The molecule has 0 fully saturated rings. The van der Waals surface area contributed by atoms with Crippen LogP contribution in [0.2, 0.25) is 0 Å². The number of nitrogens with one attached hydrogen (secondary N) is 1. The molecule has 0 aliphatic heterocycles. The van der Waals surface area contributed by atoms with Crippen molar-refractivity contribution in [1.82, 2.24) is 4.72 Å². The van der Waals surface area contributed by atoms with Gasteiger partial charge in [-0.1, -0.05) is 12.1 Å². The monoisotopic (exact) mass is 272 g/mol. The zero-order chi connectivity index (χ0) is 13.6. The summed E-state index contributed by atoms with van der Waals surface area (Å²) in [6.45, 7) is 2.19. The van der Waals surface area contributed by atoms with Crippen molar-refractivity contribution in [3.8, 4) is 0 Å². The number of nitrogen functional groups attached to an aromatic ring is 1. The highest BCUT2D eigenvalue weighted by Crippen LogP contribution is 2.06. The average molecular weight is 272 g/mol. The molecule has 0 spiro atoms. The van der Waals surface area contributed by atoms with Gasteiger partial charge in [0.25, 0.3) is 0 Å². The van der Waals surface area contributed by atoms with Crippen LogP contribution in [0.3, 0.4) is 0 Å². The Balaban J connectivity index is 2.44. The van der Waals surface area contributed by atoms with Gasteiger partial charge in [0.2, 0.25) is 10.0 Å². The number of methoxy groups -OCH3 is 1. The van der Waals surface area contributed by atoms with E-state index in [-0.39, 0.29) is 6.61 Å². The van der Waals surface area contributed by atoms with Crippen LogP contribution in [-0.2, 0) is 21.2 Å². The second-order valence-electron chi connectivity index (χ2n) is 4.20. The molecular weight excluding hydrogens is 252 g/mol. The largest absolute Gasteiger partial charge is 0.399 e. The highest BCUT2D eigenvalue weighted by molar-refractivity contribution is 7.90.